The number of aromatic nitrogens is 1. The Balaban J connectivity index is 1.42. The number of benzene rings is 1. The van der Waals surface area contributed by atoms with Crippen LogP contribution in [0.2, 0.25) is 0 Å². The average Bonchev–Trinajstić information content (AvgIpc) is 3.53. The lowest BCUT2D eigenvalue weighted by Crippen LogP contribution is -2.52. The van der Waals surface area contributed by atoms with E-state index in [9.17, 15) is 14.4 Å². The molecule has 2 fully saturated rings. The van der Waals surface area contributed by atoms with Crippen molar-refractivity contribution in [3.05, 3.63) is 30.5 Å². The van der Waals surface area contributed by atoms with Gasteiger partial charge in [0, 0.05) is 30.2 Å². The van der Waals surface area contributed by atoms with Gasteiger partial charge in [0.1, 0.15) is 6.04 Å². The molecule has 1 unspecified atom stereocenters. The van der Waals surface area contributed by atoms with Crippen LogP contribution in [0.3, 0.4) is 0 Å². The monoisotopic (exact) mass is 440 g/mol. The van der Waals surface area contributed by atoms with Crippen LogP contribution in [-0.2, 0) is 4.79 Å². The summed E-state index contributed by atoms with van der Waals surface area (Å²) in [6, 6.07) is 5.70. The van der Waals surface area contributed by atoms with Crippen molar-refractivity contribution in [3.63, 3.8) is 0 Å². The van der Waals surface area contributed by atoms with Crippen molar-refractivity contribution in [2.75, 3.05) is 11.9 Å². The van der Waals surface area contributed by atoms with Gasteiger partial charge < -0.3 is 27.0 Å². The first kappa shape index (κ1) is 22.1. The Morgan fingerprint density at radius 2 is 1.88 bits per heavy atom. The van der Waals surface area contributed by atoms with Gasteiger partial charge >= 0.3 is 12.1 Å². The molecule has 4 rings (SSSR count). The third kappa shape index (κ3) is 5.21. The fraction of sp³-hybridized carbons (Fsp3) is 0.522. The van der Waals surface area contributed by atoms with Crippen molar-refractivity contribution in [3.8, 4) is 0 Å². The molecule has 6 N–H and O–H groups in total. The summed E-state index contributed by atoms with van der Waals surface area (Å²) >= 11 is 0. The summed E-state index contributed by atoms with van der Waals surface area (Å²) in [5, 5.41) is 12.6. The fourth-order valence-corrected chi connectivity index (χ4v) is 4.62. The lowest BCUT2D eigenvalue weighted by atomic mass is 9.84. The molecule has 1 aliphatic heterocycles. The SMILES string of the molecule is C[C@@H](NC(=O)[C@H](CC1CN1)NC(=O)Nc1cn(C(N)=O)c2ccccc12)C1CCCCC1. The Bertz CT molecular complexity index is 993. The third-order valence-electron chi connectivity index (χ3n) is 6.56. The zero-order valence-corrected chi connectivity index (χ0v) is 18.4. The molecule has 3 atom stereocenters. The highest BCUT2D eigenvalue weighted by atomic mass is 16.2. The fourth-order valence-electron chi connectivity index (χ4n) is 4.62. The molecule has 2 heterocycles. The molecule has 0 radical (unpaired) electrons. The number of rotatable bonds is 7. The summed E-state index contributed by atoms with van der Waals surface area (Å²) in [6.07, 6.45) is 7.97. The number of hydrogen-bond donors (Lipinski definition) is 5. The van der Waals surface area contributed by atoms with E-state index in [4.69, 9.17) is 5.73 Å². The number of hydrogen-bond acceptors (Lipinski definition) is 4. The molecule has 9 heteroatoms. The van der Waals surface area contributed by atoms with Crippen molar-refractivity contribution in [1.82, 2.24) is 20.5 Å². The Morgan fingerprint density at radius 3 is 2.56 bits per heavy atom. The Morgan fingerprint density at radius 1 is 1.16 bits per heavy atom. The smallest absolute Gasteiger partial charge is 0.323 e. The standard InChI is InChI=1S/C23H32N6O3/c1-14(15-7-3-2-4-8-15)26-21(30)18(11-16-12-25-16)27-23(32)28-19-13-29(22(24)31)20-10-6-5-9-17(19)20/h5-6,9-10,13-16,18,25H,2-4,7-8,11-12H2,1H3,(H2,24,31)(H,26,30)(H2,27,28,32)/t14-,16?,18+/m1/s1. The van der Waals surface area contributed by atoms with E-state index < -0.39 is 18.1 Å². The van der Waals surface area contributed by atoms with Crippen LogP contribution in [0.15, 0.2) is 30.5 Å². The van der Waals surface area contributed by atoms with Gasteiger partial charge in [-0.25, -0.2) is 9.59 Å². The van der Waals surface area contributed by atoms with Gasteiger partial charge in [-0.1, -0.05) is 37.5 Å². The molecule has 1 aliphatic carbocycles. The van der Waals surface area contributed by atoms with Crippen LogP contribution in [0.25, 0.3) is 10.9 Å². The van der Waals surface area contributed by atoms with Gasteiger partial charge in [-0.15, -0.1) is 0 Å². The van der Waals surface area contributed by atoms with Crippen LogP contribution >= 0.6 is 0 Å². The number of anilines is 1. The number of carbonyl (C=O) groups excluding carboxylic acids is 3. The zero-order chi connectivity index (χ0) is 22.7. The number of nitrogens with zero attached hydrogens (tertiary/aromatic N) is 1. The quantitative estimate of drug-likeness (QED) is 0.422. The summed E-state index contributed by atoms with van der Waals surface area (Å²) in [5.41, 5.74) is 6.51. The minimum atomic E-state index is -0.648. The summed E-state index contributed by atoms with van der Waals surface area (Å²) in [6.45, 7) is 2.90. The molecule has 32 heavy (non-hydrogen) atoms. The van der Waals surface area contributed by atoms with E-state index in [-0.39, 0.29) is 18.0 Å². The minimum Gasteiger partial charge on any atom is -0.352 e. The zero-order valence-electron chi connectivity index (χ0n) is 18.4. The van der Waals surface area contributed by atoms with Gasteiger partial charge in [0.15, 0.2) is 0 Å². The van der Waals surface area contributed by atoms with Crippen LogP contribution in [0.5, 0.6) is 0 Å². The number of nitrogens with one attached hydrogen (secondary N) is 4. The van der Waals surface area contributed by atoms with Crippen LogP contribution in [-0.4, -0.2) is 47.2 Å². The first-order valence-corrected chi connectivity index (χ1v) is 11.4. The molecule has 1 saturated carbocycles. The van der Waals surface area contributed by atoms with Crippen molar-refractivity contribution in [2.24, 2.45) is 11.7 Å². The van der Waals surface area contributed by atoms with E-state index in [1.807, 2.05) is 6.07 Å². The summed E-state index contributed by atoms with van der Waals surface area (Å²) in [7, 11) is 0. The highest BCUT2D eigenvalue weighted by Crippen LogP contribution is 2.27. The maximum atomic E-state index is 13.0. The van der Waals surface area contributed by atoms with Crippen molar-refractivity contribution < 1.29 is 14.4 Å². The molecule has 1 saturated heterocycles. The molecule has 9 nitrogen and oxygen atoms in total. The number of carbonyl (C=O) groups is 3. The number of fused-ring (bicyclic) bond motifs is 1. The molecule has 1 aromatic heterocycles. The lowest BCUT2D eigenvalue weighted by molar-refractivity contribution is -0.124. The maximum absolute atomic E-state index is 13.0. The van der Waals surface area contributed by atoms with Gasteiger partial charge in [0.05, 0.1) is 11.2 Å². The highest BCUT2D eigenvalue weighted by Gasteiger charge is 2.32. The van der Waals surface area contributed by atoms with Crippen LogP contribution < -0.4 is 27.0 Å². The number of primary amides is 1. The van der Waals surface area contributed by atoms with Gasteiger partial charge in [-0.3, -0.25) is 9.36 Å². The third-order valence-corrected chi connectivity index (χ3v) is 6.56. The topological polar surface area (TPSA) is 140 Å². The first-order chi connectivity index (χ1) is 15.4. The molecular formula is C23H32N6O3. The van der Waals surface area contributed by atoms with E-state index >= 15 is 0 Å². The van der Waals surface area contributed by atoms with E-state index in [0.29, 0.717) is 28.9 Å². The van der Waals surface area contributed by atoms with Gasteiger partial charge in [0.2, 0.25) is 5.91 Å². The summed E-state index contributed by atoms with van der Waals surface area (Å²) in [4.78, 5) is 37.5. The van der Waals surface area contributed by atoms with Gasteiger partial charge in [0.25, 0.3) is 0 Å². The number of para-hydroxylation sites is 1. The average molecular weight is 441 g/mol. The Hall–Kier alpha value is -3.07. The second-order valence-electron chi connectivity index (χ2n) is 8.96. The molecule has 1 aromatic carbocycles. The molecule has 2 aliphatic rings. The second kappa shape index (κ2) is 9.60. The number of amides is 4. The van der Waals surface area contributed by atoms with E-state index in [0.717, 1.165) is 19.4 Å². The second-order valence-corrected chi connectivity index (χ2v) is 8.96. The van der Waals surface area contributed by atoms with Crippen molar-refractivity contribution in [1.29, 1.82) is 0 Å². The van der Waals surface area contributed by atoms with Gasteiger partial charge in [-0.05, 0) is 38.2 Å². The Labute approximate surface area is 187 Å². The summed E-state index contributed by atoms with van der Waals surface area (Å²) in [5.74, 6) is 0.327. The number of urea groups is 1. The highest BCUT2D eigenvalue weighted by molar-refractivity contribution is 6.05. The Kier molecular flexibility index (Phi) is 6.64. The van der Waals surface area contributed by atoms with E-state index in [1.54, 1.807) is 18.2 Å². The molecule has 0 bridgehead atoms. The molecule has 172 valence electrons. The lowest BCUT2D eigenvalue weighted by Gasteiger charge is -2.29. The normalized spacial score (nSPS) is 20.3. The van der Waals surface area contributed by atoms with E-state index in [2.05, 4.69) is 28.2 Å². The number of nitrogens with two attached hydrogens (primary N) is 1. The maximum Gasteiger partial charge on any atom is 0.323 e. The van der Waals surface area contributed by atoms with Crippen LogP contribution in [0.4, 0.5) is 15.3 Å². The largest absolute Gasteiger partial charge is 0.352 e. The molecule has 2 aromatic rings. The molecule has 0 spiro atoms. The molecule has 4 amide bonds. The summed E-state index contributed by atoms with van der Waals surface area (Å²) < 4.78 is 1.29. The van der Waals surface area contributed by atoms with Crippen molar-refractivity contribution >= 4 is 34.6 Å². The van der Waals surface area contributed by atoms with Crippen molar-refractivity contribution in [2.45, 2.75) is 63.6 Å². The first-order valence-electron chi connectivity index (χ1n) is 11.4. The van der Waals surface area contributed by atoms with Gasteiger partial charge in [-0.2, -0.15) is 0 Å². The van der Waals surface area contributed by atoms with Crippen LogP contribution in [0.1, 0.15) is 45.4 Å². The van der Waals surface area contributed by atoms with E-state index in [1.165, 1.54) is 30.0 Å². The van der Waals surface area contributed by atoms with Crippen LogP contribution in [0, 0.1) is 5.92 Å². The molecular weight excluding hydrogens is 408 g/mol. The minimum absolute atomic E-state index is 0.0795. The predicted molar refractivity (Wildman–Crippen MR) is 123 cm³/mol. The predicted octanol–water partition coefficient (Wildman–Crippen LogP) is 2.51.